The Labute approximate surface area is 106 Å². The minimum absolute atomic E-state index is 0.154. The summed E-state index contributed by atoms with van der Waals surface area (Å²) in [4.78, 5) is 12.0. The van der Waals surface area contributed by atoms with E-state index < -0.39 is 0 Å². The number of ether oxygens (including phenoxy) is 2. The number of carbonyl (C=O) groups excluding carboxylic acids is 1. The van der Waals surface area contributed by atoms with Crippen molar-refractivity contribution >= 4 is 11.6 Å². The number of carbonyl (C=O) groups is 1. The lowest BCUT2D eigenvalue weighted by Gasteiger charge is -2.26. The van der Waals surface area contributed by atoms with Crippen LogP contribution in [0.4, 0.5) is 5.69 Å². The number of hydrogen-bond donors (Lipinski definition) is 2. The van der Waals surface area contributed by atoms with Crippen LogP contribution < -0.4 is 20.5 Å². The van der Waals surface area contributed by atoms with Crippen LogP contribution in [0.1, 0.15) is 29.6 Å². The Morgan fingerprint density at radius 1 is 1.28 bits per heavy atom. The first kappa shape index (κ1) is 12.5. The van der Waals surface area contributed by atoms with Crippen molar-refractivity contribution in [2.24, 2.45) is 0 Å². The summed E-state index contributed by atoms with van der Waals surface area (Å²) in [6, 6.07) is 3.50. The fourth-order valence-electron chi connectivity index (χ4n) is 1.91. The van der Waals surface area contributed by atoms with E-state index in [4.69, 9.17) is 15.2 Å². The van der Waals surface area contributed by atoms with Crippen LogP contribution in [-0.4, -0.2) is 26.2 Å². The largest absolute Gasteiger partial charge is 0.493 e. The van der Waals surface area contributed by atoms with Gasteiger partial charge in [-0.3, -0.25) is 4.79 Å². The summed E-state index contributed by atoms with van der Waals surface area (Å²) in [6.45, 7) is 0. The van der Waals surface area contributed by atoms with Crippen molar-refractivity contribution in [3.8, 4) is 11.5 Å². The highest BCUT2D eigenvalue weighted by Gasteiger charge is 2.22. The highest BCUT2D eigenvalue weighted by atomic mass is 16.5. The van der Waals surface area contributed by atoms with Gasteiger partial charge in [-0.25, -0.2) is 0 Å². The van der Waals surface area contributed by atoms with E-state index in [9.17, 15) is 4.79 Å². The molecular weight excluding hydrogens is 232 g/mol. The molecule has 0 aromatic heterocycles. The molecule has 0 heterocycles. The third kappa shape index (κ3) is 2.34. The van der Waals surface area contributed by atoms with Gasteiger partial charge < -0.3 is 20.5 Å². The molecule has 0 spiro atoms. The lowest BCUT2D eigenvalue weighted by atomic mass is 9.93. The zero-order valence-electron chi connectivity index (χ0n) is 10.7. The number of nitrogen functional groups attached to an aromatic ring is 1. The number of anilines is 1. The molecule has 0 atom stereocenters. The molecule has 5 heteroatoms. The summed E-state index contributed by atoms with van der Waals surface area (Å²) in [5.74, 6) is 0.874. The molecule has 0 saturated heterocycles. The quantitative estimate of drug-likeness (QED) is 0.795. The van der Waals surface area contributed by atoms with Crippen molar-refractivity contribution in [2.75, 3.05) is 20.0 Å². The summed E-state index contributed by atoms with van der Waals surface area (Å²) in [6.07, 6.45) is 3.25. The molecule has 0 unspecified atom stereocenters. The van der Waals surface area contributed by atoms with Gasteiger partial charge in [0.15, 0.2) is 11.5 Å². The topological polar surface area (TPSA) is 73.6 Å². The zero-order valence-corrected chi connectivity index (χ0v) is 10.7. The van der Waals surface area contributed by atoms with Crippen LogP contribution >= 0.6 is 0 Å². The first-order valence-corrected chi connectivity index (χ1v) is 5.98. The van der Waals surface area contributed by atoms with Crippen molar-refractivity contribution < 1.29 is 14.3 Å². The van der Waals surface area contributed by atoms with Crippen molar-refractivity contribution in [1.82, 2.24) is 5.32 Å². The summed E-state index contributed by atoms with van der Waals surface area (Å²) in [5, 5.41) is 2.95. The molecule has 1 fully saturated rings. The molecule has 18 heavy (non-hydrogen) atoms. The number of hydrogen-bond acceptors (Lipinski definition) is 4. The van der Waals surface area contributed by atoms with E-state index >= 15 is 0 Å². The van der Waals surface area contributed by atoms with Gasteiger partial charge >= 0.3 is 0 Å². The lowest BCUT2D eigenvalue weighted by Crippen LogP contribution is -2.39. The predicted octanol–water partition coefficient (Wildman–Crippen LogP) is 1.57. The Kier molecular flexibility index (Phi) is 3.60. The highest BCUT2D eigenvalue weighted by Crippen LogP contribution is 2.32. The normalized spacial score (nSPS) is 14.8. The van der Waals surface area contributed by atoms with Crippen LogP contribution in [-0.2, 0) is 0 Å². The molecule has 1 aliphatic carbocycles. The lowest BCUT2D eigenvalue weighted by molar-refractivity contribution is 0.0917. The van der Waals surface area contributed by atoms with E-state index in [1.807, 2.05) is 0 Å². The van der Waals surface area contributed by atoms with Crippen molar-refractivity contribution in [1.29, 1.82) is 0 Å². The molecule has 1 aromatic carbocycles. The van der Waals surface area contributed by atoms with Gasteiger partial charge in [0, 0.05) is 17.8 Å². The van der Waals surface area contributed by atoms with Crippen molar-refractivity contribution in [3.05, 3.63) is 17.7 Å². The van der Waals surface area contributed by atoms with Crippen LogP contribution in [0, 0.1) is 0 Å². The number of nitrogens with two attached hydrogens (primary N) is 1. The standard InChI is InChI=1S/C13H18N2O3/c1-17-11-6-9(10(14)7-12(11)18-2)13(16)15-8-4-3-5-8/h6-8H,3-5,14H2,1-2H3,(H,15,16). The molecule has 5 nitrogen and oxygen atoms in total. The van der Waals surface area contributed by atoms with E-state index in [-0.39, 0.29) is 11.9 Å². The molecule has 0 radical (unpaired) electrons. The number of methoxy groups -OCH3 is 2. The molecular formula is C13H18N2O3. The van der Waals surface area contributed by atoms with Gasteiger partial charge in [0.2, 0.25) is 0 Å². The molecule has 0 bridgehead atoms. The Morgan fingerprint density at radius 2 is 1.89 bits per heavy atom. The molecule has 1 aromatic rings. The van der Waals surface area contributed by atoms with Gasteiger partial charge in [0.05, 0.1) is 19.8 Å². The van der Waals surface area contributed by atoms with Crippen LogP contribution in [0.2, 0.25) is 0 Å². The maximum atomic E-state index is 12.0. The smallest absolute Gasteiger partial charge is 0.253 e. The monoisotopic (exact) mass is 250 g/mol. The van der Waals surface area contributed by atoms with E-state index in [0.717, 1.165) is 12.8 Å². The molecule has 98 valence electrons. The van der Waals surface area contributed by atoms with Crippen LogP contribution in [0.15, 0.2) is 12.1 Å². The Hall–Kier alpha value is -1.91. The second-order valence-electron chi connectivity index (χ2n) is 4.40. The molecule has 1 amide bonds. The molecule has 1 saturated carbocycles. The molecule has 3 N–H and O–H groups in total. The molecule has 0 aliphatic heterocycles. The first-order valence-electron chi connectivity index (χ1n) is 5.98. The maximum absolute atomic E-state index is 12.0. The zero-order chi connectivity index (χ0) is 13.1. The fraction of sp³-hybridized carbons (Fsp3) is 0.462. The van der Waals surface area contributed by atoms with Crippen molar-refractivity contribution in [2.45, 2.75) is 25.3 Å². The SMILES string of the molecule is COc1cc(N)c(C(=O)NC2CCC2)cc1OC. The molecule has 1 aliphatic rings. The first-order chi connectivity index (χ1) is 8.65. The highest BCUT2D eigenvalue weighted by molar-refractivity contribution is 6.00. The number of benzene rings is 1. The van der Waals surface area contributed by atoms with Gasteiger partial charge in [-0.05, 0) is 25.3 Å². The van der Waals surface area contributed by atoms with Gasteiger partial charge in [-0.1, -0.05) is 0 Å². The Bertz CT molecular complexity index is 456. The number of nitrogens with one attached hydrogen (secondary N) is 1. The summed E-state index contributed by atoms with van der Waals surface area (Å²) in [5.41, 5.74) is 6.68. The van der Waals surface area contributed by atoms with E-state index in [0.29, 0.717) is 22.7 Å². The second-order valence-corrected chi connectivity index (χ2v) is 4.40. The minimum atomic E-state index is -0.154. The van der Waals surface area contributed by atoms with E-state index in [2.05, 4.69) is 5.32 Å². The molecule has 2 rings (SSSR count). The van der Waals surface area contributed by atoms with Crippen molar-refractivity contribution in [3.63, 3.8) is 0 Å². The summed E-state index contributed by atoms with van der Waals surface area (Å²) in [7, 11) is 3.06. The predicted molar refractivity (Wildman–Crippen MR) is 69.1 cm³/mol. The fourth-order valence-corrected chi connectivity index (χ4v) is 1.91. The Balaban J connectivity index is 2.23. The summed E-state index contributed by atoms with van der Waals surface area (Å²) >= 11 is 0. The third-order valence-electron chi connectivity index (χ3n) is 3.24. The number of rotatable bonds is 4. The summed E-state index contributed by atoms with van der Waals surface area (Å²) < 4.78 is 10.3. The van der Waals surface area contributed by atoms with Gasteiger partial charge in [0.25, 0.3) is 5.91 Å². The van der Waals surface area contributed by atoms with Crippen LogP contribution in [0.25, 0.3) is 0 Å². The Morgan fingerprint density at radius 3 is 2.39 bits per heavy atom. The van der Waals surface area contributed by atoms with Gasteiger partial charge in [-0.2, -0.15) is 0 Å². The second kappa shape index (κ2) is 5.16. The third-order valence-corrected chi connectivity index (χ3v) is 3.24. The van der Waals surface area contributed by atoms with Gasteiger partial charge in [-0.15, -0.1) is 0 Å². The van der Waals surface area contributed by atoms with E-state index in [1.165, 1.54) is 20.6 Å². The van der Waals surface area contributed by atoms with E-state index in [1.54, 1.807) is 12.1 Å². The van der Waals surface area contributed by atoms with Crippen LogP contribution in [0.5, 0.6) is 11.5 Å². The average molecular weight is 250 g/mol. The average Bonchev–Trinajstić information content (AvgIpc) is 2.33. The van der Waals surface area contributed by atoms with Gasteiger partial charge in [0.1, 0.15) is 0 Å². The maximum Gasteiger partial charge on any atom is 0.253 e. The van der Waals surface area contributed by atoms with Crippen LogP contribution in [0.3, 0.4) is 0 Å². The number of amides is 1. The minimum Gasteiger partial charge on any atom is -0.493 e.